The summed E-state index contributed by atoms with van der Waals surface area (Å²) < 4.78 is 0. The second-order valence-corrected chi connectivity index (χ2v) is 4.11. The van der Waals surface area contributed by atoms with Crippen molar-refractivity contribution >= 4 is 10.8 Å². The van der Waals surface area contributed by atoms with Crippen LogP contribution in [0.5, 0.6) is 0 Å². The van der Waals surface area contributed by atoms with Crippen molar-refractivity contribution in [2.45, 2.75) is 18.9 Å². The Kier molecular flexibility index (Phi) is 2.14. The molecule has 2 heteroatoms. The molecule has 0 spiro atoms. The maximum Gasteiger partial charge on any atom is 0.0579 e. The molecule has 1 aromatic carbocycles. The van der Waals surface area contributed by atoms with Crippen molar-refractivity contribution in [1.82, 2.24) is 10.3 Å². The molecule has 2 heterocycles. The van der Waals surface area contributed by atoms with Crippen molar-refractivity contribution in [3.8, 4) is 0 Å². The minimum absolute atomic E-state index is 0.467. The minimum atomic E-state index is 0.467. The van der Waals surface area contributed by atoms with Gasteiger partial charge in [0.2, 0.25) is 0 Å². The molecule has 1 aliphatic rings. The molecular weight excluding hydrogens is 184 g/mol. The van der Waals surface area contributed by atoms with Crippen LogP contribution in [0.15, 0.2) is 36.5 Å². The molecule has 76 valence electrons. The predicted molar refractivity (Wildman–Crippen MR) is 61.7 cm³/mol. The number of aromatic nitrogens is 1. The summed E-state index contributed by atoms with van der Waals surface area (Å²) in [5, 5.41) is 5.98. The van der Waals surface area contributed by atoms with Gasteiger partial charge in [-0.2, -0.15) is 0 Å². The third-order valence-corrected chi connectivity index (χ3v) is 3.07. The summed E-state index contributed by atoms with van der Waals surface area (Å²) in [6, 6.07) is 11.1. The highest BCUT2D eigenvalue weighted by Gasteiger charge is 2.17. The molecule has 15 heavy (non-hydrogen) atoms. The normalized spacial score (nSPS) is 20.9. The highest BCUT2D eigenvalue weighted by molar-refractivity contribution is 5.81. The molecule has 1 fully saturated rings. The van der Waals surface area contributed by atoms with E-state index in [0.29, 0.717) is 6.04 Å². The van der Waals surface area contributed by atoms with Crippen LogP contribution in [0.3, 0.4) is 0 Å². The zero-order valence-electron chi connectivity index (χ0n) is 8.61. The van der Waals surface area contributed by atoms with Crippen LogP contribution in [0.25, 0.3) is 10.8 Å². The third kappa shape index (κ3) is 1.61. The monoisotopic (exact) mass is 198 g/mol. The number of pyridine rings is 1. The Morgan fingerprint density at radius 1 is 1.20 bits per heavy atom. The van der Waals surface area contributed by atoms with Crippen LogP contribution in [-0.2, 0) is 0 Å². The molecule has 1 N–H and O–H groups in total. The number of rotatable bonds is 1. The summed E-state index contributed by atoms with van der Waals surface area (Å²) in [6.45, 7) is 1.12. The number of fused-ring (bicyclic) bond motifs is 1. The molecule has 1 aromatic heterocycles. The molecule has 1 atom stereocenters. The van der Waals surface area contributed by atoms with Gasteiger partial charge < -0.3 is 5.32 Å². The molecular formula is C13H14N2. The Morgan fingerprint density at radius 3 is 2.87 bits per heavy atom. The van der Waals surface area contributed by atoms with Gasteiger partial charge in [-0.25, -0.2) is 0 Å². The van der Waals surface area contributed by atoms with Crippen molar-refractivity contribution in [2.24, 2.45) is 0 Å². The molecule has 2 aromatic rings. The van der Waals surface area contributed by atoms with Crippen LogP contribution >= 0.6 is 0 Å². The van der Waals surface area contributed by atoms with Gasteiger partial charge in [0.15, 0.2) is 0 Å². The standard InChI is InChI=1S/C13H14N2/c1-2-5-11-9-15-13(8-10(11)4-1)12-6-3-7-14-12/h1-2,4-5,8-9,12,14H,3,6-7H2/t12-/m1/s1. The highest BCUT2D eigenvalue weighted by atomic mass is 15.0. The Morgan fingerprint density at radius 2 is 2.07 bits per heavy atom. The van der Waals surface area contributed by atoms with E-state index in [1.54, 1.807) is 0 Å². The quantitative estimate of drug-likeness (QED) is 0.762. The fraction of sp³-hybridized carbons (Fsp3) is 0.308. The van der Waals surface area contributed by atoms with E-state index in [1.165, 1.54) is 29.3 Å². The van der Waals surface area contributed by atoms with Gasteiger partial charge in [0.1, 0.15) is 0 Å². The molecule has 0 bridgehead atoms. The SMILES string of the molecule is c1ccc2cc([C@H]3CCCN3)ncc2c1. The van der Waals surface area contributed by atoms with E-state index in [9.17, 15) is 0 Å². The topological polar surface area (TPSA) is 24.9 Å². The van der Waals surface area contributed by atoms with E-state index >= 15 is 0 Å². The largest absolute Gasteiger partial charge is 0.309 e. The lowest BCUT2D eigenvalue weighted by atomic mass is 10.1. The van der Waals surface area contributed by atoms with Crippen LogP contribution < -0.4 is 5.32 Å². The fourth-order valence-electron chi connectivity index (χ4n) is 2.23. The first-order valence-corrected chi connectivity index (χ1v) is 5.51. The van der Waals surface area contributed by atoms with Crippen molar-refractivity contribution in [2.75, 3.05) is 6.54 Å². The van der Waals surface area contributed by atoms with Gasteiger partial charge in [-0.05, 0) is 30.8 Å². The van der Waals surface area contributed by atoms with Crippen LogP contribution in [0.2, 0.25) is 0 Å². The zero-order valence-corrected chi connectivity index (χ0v) is 8.61. The van der Waals surface area contributed by atoms with Gasteiger partial charge in [0, 0.05) is 17.6 Å². The summed E-state index contributed by atoms with van der Waals surface area (Å²) >= 11 is 0. The van der Waals surface area contributed by atoms with Crippen LogP contribution in [0.4, 0.5) is 0 Å². The number of nitrogens with one attached hydrogen (secondary N) is 1. The van der Waals surface area contributed by atoms with Crippen molar-refractivity contribution in [1.29, 1.82) is 0 Å². The first kappa shape index (κ1) is 8.86. The number of nitrogens with zero attached hydrogens (tertiary/aromatic N) is 1. The van der Waals surface area contributed by atoms with Crippen molar-refractivity contribution in [3.05, 3.63) is 42.2 Å². The average molecular weight is 198 g/mol. The van der Waals surface area contributed by atoms with Gasteiger partial charge in [0.25, 0.3) is 0 Å². The lowest BCUT2D eigenvalue weighted by molar-refractivity contribution is 0.629. The number of hydrogen-bond donors (Lipinski definition) is 1. The van der Waals surface area contributed by atoms with Crippen LogP contribution in [0.1, 0.15) is 24.6 Å². The lowest BCUT2D eigenvalue weighted by Gasteiger charge is -2.09. The second-order valence-electron chi connectivity index (χ2n) is 4.11. The van der Waals surface area contributed by atoms with E-state index in [-0.39, 0.29) is 0 Å². The van der Waals surface area contributed by atoms with E-state index in [1.807, 2.05) is 6.20 Å². The Bertz CT molecular complexity index is 473. The maximum atomic E-state index is 4.53. The van der Waals surface area contributed by atoms with Crippen molar-refractivity contribution in [3.63, 3.8) is 0 Å². The molecule has 2 nitrogen and oxygen atoms in total. The van der Waals surface area contributed by atoms with E-state index < -0.39 is 0 Å². The minimum Gasteiger partial charge on any atom is -0.309 e. The van der Waals surface area contributed by atoms with Gasteiger partial charge in [-0.1, -0.05) is 24.3 Å². The number of benzene rings is 1. The molecule has 0 saturated carbocycles. The highest BCUT2D eigenvalue weighted by Crippen LogP contribution is 2.23. The molecule has 0 aliphatic carbocycles. The molecule has 0 amide bonds. The Labute approximate surface area is 89.3 Å². The number of hydrogen-bond acceptors (Lipinski definition) is 2. The summed E-state index contributed by atoms with van der Waals surface area (Å²) in [7, 11) is 0. The average Bonchev–Trinajstić information content (AvgIpc) is 2.82. The fourth-order valence-corrected chi connectivity index (χ4v) is 2.23. The van der Waals surface area contributed by atoms with Gasteiger partial charge in [-0.3, -0.25) is 4.98 Å². The molecule has 0 unspecified atom stereocenters. The van der Waals surface area contributed by atoms with Gasteiger partial charge >= 0.3 is 0 Å². The van der Waals surface area contributed by atoms with Crippen LogP contribution in [-0.4, -0.2) is 11.5 Å². The second kappa shape index (κ2) is 3.63. The zero-order chi connectivity index (χ0) is 10.1. The Balaban J connectivity index is 2.05. The van der Waals surface area contributed by atoms with E-state index in [4.69, 9.17) is 0 Å². The van der Waals surface area contributed by atoms with Gasteiger partial charge in [0.05, 0.1) is 5.69 Å². The third-order valence-electron chi connectivity index (χ3n) is 3.07. The predicted octanol–water partition coefficient (Wildman–Crippen LogP) is 2.66. The molecule has 3 rings (SSSR count). The summed E-state index contributed by atoms with van der Waals surface area (Å²) in [5.74, 6) is 0. The van der Waals surface area contributed by atoms with E-state index in [2.05, 4.69) is 40.6 Å². The summed E-state index contributed by atoms with van der Waals surface area (Å²) in [5.41, 5.74) is 1.19. The molecule has 1 saturated heterocycles. The summed E-state index contributed by atoms with van der Waals surface area (Å²) in [4.78, 5) is 4.53. The van der Waals surface area contributed by atoms with Gasteiger partial charge in [-0.15, -0.1) is 0 Å². The smallest absolute Gasteiger partial charge is 0.0579 e. The molecule has 1 aliphatic heterocycles. The summed E-state index contributed by atoms with van der Waals surface area (Å²) in [6.07, 6.45) is 4.45. The molecule has 0 radical (unpaired) electrons. The van der Waals surface area contributed by atoms with E-state index in [0.717, 1.165) is 6.54 Å². The van der Waals surface area contributed by atoms with Crippen LogP contribution in [0, 0.1) is 0 Å². The lowest BCUT2D eigenvalue weighted by Crippen LogP contribution is -2.13. The maximum absolute atomic E-state index is 4.53. The first-order chi connectivity index (χ1) is 7.43. The first-order valence-electron chi connectivity index (χ1n) is 5.51. The Hall–Kier alpha value is -1.41. The van der Waals surface area contributed by atoms with Crippen molar-refractivity contribution < 1.29 is 0 Å².